The Morgan fingerprint density at radius 2 is 2.03 bits per heavy atom. The van der Waals surface area contributed by atoms with Crippen molar-refractivity contribution >= 4 is 40.2 Å². The van der Waals surface area contributed by atoms with Gasteiger partial charge in [0.05, 0.1) is 36.1 Å². The molecule has 1 heterocycles. The van der Waals surface area contributed by atoms with Crippen LogP contribution in [0.2, 0.25) is 5.02 Å². The van der Waals surface area contributed by atoms with Gasteiger partial charge in [0.15, 0.2) is 5.16 Å². The predicted octanol–water partition coefficient (Wildman–Crippen LogP) is 3.60. The minimum absolute atomic E-state index is 0.0840. The number of aromatic nitrogens is 2. The molecule has 0 saturated heterocycles. The topological polar surface area (TPSA) is 82.5 Å². The minimum atomic E-state index is -0.263. The number of amides is 1. The van der Waals surface area contributed by atoms with Crippen LogP contribution in [0.15, 0.2) is 46.3 Å². The van der Waals surface area contributed by atoms with Crippen LogP contribution in [-0.2, 0) is 9.53 Å². The summed E-state index contributed by atoms with van der Waals surface area (Å²) in [5, 5.41) is 4.14. The van der Waals surface area contributed by atoms with Gasteiger partial charge in [-0.3, -0.25) is 14.2 Å². The number of carbonyl (C=O) groups is 1. The molecule has 0 aliphatic heterocycles. The molecule has 0 radical (unpaired) electrons. The number of ether oxygens (including phenoxy) is 2. The Hall–Kier alpha value is -2.55. The number of carbonyl (C=O) groups excluding carboxylic acids is 1. The van der Waals surface area contributed by atoms with E-state index in [1.807, 2.05) is 26.0 Å². The lowest BCUT2D eigenvalue weighted by molar-refractivity contribution is -0.119. The number of thioether (sulfide) groups is 1. The molecule has 3 aromatic rings. The zero-order chi connectivity index (χ0) is 22.5. The first kappa shape index (κ1) is 23.1. The normalized spacial score (nSPS) is 12.0. The van der Waals surface area contributed by atoms with E-state index in [4.69, 9.17) is 21.1 Å². The Labute approximate surface area is 189 Å². The fourth-order valence-corrected chi connectivity index (χ4v) is 4.14. The number of halogens is 1. The lowest BCUT2D eigenvalue weighted by Gasteiger charge is -2.17. The number of rotatable bonds is 8. The molecule has 0 aliphatic rings. The van der Waals surface area contributed by atoms with Gasteiger partial charge >= 0.3 is 0 Å². The van der Waals surface area contributed by atoms with E-state index >= 15 is 0 Å². The molecule has 7 nitrogen and oxygen atoms in total. The molecular weight excluding hydrogens is 438 g/mol. The summed E-state index contributed by atoms with van der Waals surface area (Å²) in [5.74, 6) is 0.432. The molecule has 1 N–H and O–H groups in total. The number of aryl methyl sites for hydroxylation is 1. The van der Waals surface area contributed by atoms with Crippen LogP contribution >= 0.6 is 23.4 Å². The smallest absolute Gasteiger partial charge is 0.266 e. The maximum Gasteiger partial charge on any atom is 0.266 e. The zero-order valence-corrected chi connectivity index (χ0v) is 19.3. The molecule has 9 heteroatoms. The molecule has 0 aliphatic carbocycles. The van der Waals surface area contributed by atoms with E-state index in [1.54, 1.807) is 38.5 Å². The third-order valence-corrected chi connectivity index (χ3v) is 5.71. The van der Waals surface area contributed by atoms with Gasteiger partial charge in [0, 0.05) is 18.2 Å². The Kier molecular flexibility index (Phi) is 7.59. The van der Waals surface area contributed by atoms with Crippen LogP contribution in [-0.4, -0.2) is 48.1 Å². The van der Waals surface area contributed by atoms with E-state index in [0.717, 1.165) is 5.56 Å². The van der Waals surface area contributed by atoms with Crippen LogP contribution < -0.4 is 15.6 Å². The van der Waals surface area contributed by atoms with E-state index in [2.05, 4.69) is 10.3 Å². The number of nitrogens with one attached hydrogen (secondary N) is 1. The number of fused-ring (bicyclic) bond motifs is 1. The first-order chi connectivity index (χ1) is 14.8. The van der Waals surface area contributed by atoms with Crippen molar-refractivity contribution < 1.29 is 14.3 Å². The van der Waals surface area contributed by atoms with Crippen molar-refractivity contribution in [3.63, 3.8) is 0 Å². The van der Waals surface area contributed by atoms with E-state index in [0.29, 0.717) is 39.1 Å². The third-order valence-electron chi connectivity index (χ3n) is 4.53. The molecule has 164 valence electrons. The van der Waals surface area contributed by atoms with Crippen molar-refractivity contribution in [2.75, 3.05) is 26.6 Å². The van der Waals surface area contributed by atoms with Gasteiger partial charge in [-0.1, -0.05) is 29.4 Å². The maximum absolute atomic E-state index is 13.4. The Balaban J connectivity index is 2.09. The molecule has 1 aromatic heterocycles. The van der Waals surface area contributed by atoms with Crippen molar-refractivity contribution in [1.82, 2.24) is 14.9 Å². The fourth-order valence-electron chi connectivity index (χ4n) is 3.16. The predicted molar refractivity (Wildman–Crippen MR) is 124 cm³/mol. The Morgan fingerprint density at radius 1 is 1.26 bits per heavy atom. The van der Waals surface area contributed by atoms with Crippen molar-refractivity contribution in [3.05, 3.63) is 57.3 Å². The van der Waals surface area contributed by atoms with Crippen LogP contribution in [0.3, 0.4) is 0 Å². The Morgan fingerprint density at radius 3 is 2.74 bits per heavy atom. The standard InChI is InChI=1S/C22H24ClN3O4S/c1-13-5-8-19(30-4)18(9-13)26-21(28)16-7-6-15(23)10-17(16)25-22(26)31-12-20(27)24-14(2)11-29-3/h5-10,14H,11-12H2,1-4H3,(H,24,27). The van der Waals surface area contributed by atoms with Crippen LogP contribution in [0.5, 0.6) is 5.75 Å². The second-order valence-electron chi connectivity index (χ2n) is 7.08. The van der Waals surface area contributed by atoms with Gasteiger partial charge in [0.25, 0.3) is 5.56 Å². The van der Waals surface area contributed by atoms with Crippen LogP contribution in [0.4, 0.5) is 0 Å². The highest BCUT2D eigenvalue weighted by Gasteiger charge is 2.18. The number of hydrogen-bond donors (Lipinski definition) is 1. The summed E-state index contributed by atoms with van der Waals surface area (Å²) in [6.07, 6.45) is 0. The lowest BCUT2D eigenvalue weighted by Crippen LogP contribution is -2.36. The van der Waals surface area contributed by atoms with Gasteiger partial charge < -0.3 is 14.8 Å². The highest BCUT2D eigenvalue weighted by molar-refractivity contribution is 7.99. The van der Waals surface area contributed by atoms with Crippen molar-refractivity contribution in [2.45, 2.75) is 25.0 Å². The monoisotopic (exact) mass is 461 g/mol. The highest BCUT2D eigenvalue weighted by atomic mass is 35.5. The van der Waals surface area contributed by atoms with E-state index < -0.39 is 0 Å². The first-order valence-corrected chi connectivity index (χ1v) is 11.0. The van der Waals surface area contributed by atoms with Gasteiger partial charge in [-0.2, -0.15) is 0 Å². The molecule has 0 spiro atoms. The van der Waals surface area contributed by atoms with Crippen LogP contribution in [0, 0.1) is 6.92 Å². The average Bonchev–Trinajstić information content (AvgIpc) is 2.72. The summed E-state index contributed by atoms with van der Waals surface area (Å²) in [4.78, 5) is 30.5. The molecule has 1 atom stereocenters. The number of nitrogens with zero attached hydrogens (tertiary/aromatic N) is 2. The first-order valence-electron chi connectivity index (χ1n) is 9.62. The van der Waals surface area contributed by atoms with Crippen molar-refractivity contribution in [3.8, 4) is 11.4 Å². The summed E-state index contributed by atoms with van der Waals surface area (Å²) in [6.45, 7) is 4.20. The summed E-state index contributed by atoms with van der Waals surface area (Å²) < 4.78 is 12.0. The molecule has 31 heavy (non-hydrogen) atoms. The molecule has 0 saturated carbocycles. The number of hydrogen-bond acceptors (Lipinski definition) is 6. The fraction of sp³-hybridized carbons (Fsp3) is 0.318. The van der Waals surface area contributed by atoms with Gasteiger partial charge in [0.2, 0.25) is 5.91 Å². The summed E-state index contributed by atoms with van der Waals surface area (Å²) in [7, 11) is 3.13. The van der Waals surface area contributed by atoms with Gasteiger partial charge in [0.1, 0.15) is 5.75 Å². The van der Waals surface area contributed by atoms with Crippen LogP contribution in [0.25, 0.3) is 16.6 Å². The molecule has 0 fully saturated rings. The van der Waals surface area contributed by atoms with Crippen LogP contribution in [0.1, 0.15) is 12.5 Å². The van der Waals surface area contributed by atoms with Gasteiger partial charge in [-0.15, -0.1) is 0 Å². The maximum atomic E-state index is 13.4. The SMILES string of the molecule is COCC(C)NC(=O)CSc1nc2cc(Cl)ccc2c(=O)n1-c1cc(C)ccc1OC. The molecule has 1 unspecified atom stereocenters. The third kappa shape index (κ3) is 5.39. The molecular formula is C22H24ClN3O4S. The van der Waals surface area contributed by atoms with Crippen molar-refractivity contribution in [1.29, 1.82) is 0 Å². The average molecular weight is 462 g/mol. The van der Waals surface area contributed by atoms with Gasteiger partial charge in [-0.05, 0) is 49.7 Å². The quantitative estimate of drug-likeness (QED) is 0.407. The minimum Gasteiger partial charge on any atom is -0.495 e. The van der Waals surface area contributed by atoms with Gasteiger partial charge in [-0.25, -0.2) is 4.98 Å². The highest BCUT2D eigenvalue weighted by Crippen LogP contribution is 2.28. The second kappa shape index (κ2) is 10.2. The van der Waals surface area contributed by atoms with E-state index in [9.17, 15) is 9.59 Å². The lowest BCUT2D eigenvalue weighted by atomic mass is 10.2. The Bertz CT molecular complexity index is 1170. The summed E-state index contributed by atoms with van der Waals surface area (Å²) >= 11 is 7.28. The second-order valence-corrected chi connectivity index (χ2v) is 8.46. The number of methoxy groups -OCH3 is 2. The summed E-state index contributed by atoms with van der Waals surface area (Å²) in [6, 6.07) is 10.4. The van der Waals surface area contributed by atoms with E-state index in [-0.39, 0.29) is 23.3 Å². The largest absolute Gasteiger partial charge is 0.495 e. The zero-order valence-electron chi connectivity index (χ0n) is 17.8. The molecule has 3 rings (SSSR count). The summed E-state index contributed by atoms with van der Waals surface area (Å²) in [5.41, 5.74) is 1.73. The molecule has 1 amide bonds. The molecule has 0 bridgehead atoms. The number of benzene rings is 2. The van der Waals surface area contributed by atoms with Crippen molar-refractivity contribution in [2.24, 2.45) is 0 Å². The molecule has 2 aromatic carbocycles. The van der Waals surface area contributed by atoms with E-state index in [1.165, 1.54) is 16.3 Å².